The van der Waals surface area contributed by atoms with Gasteiger partial charge in [-0.05, 0) is 87.1 Å². The van der Waals surface area contributed by atoms with Gasteiger partial charge in [0.05, 0.1) is 5.52 Å². The molecule has 0 saturated heterocycles. The first kappa shape index (κ1) is 31.9. The van der Waals surface area contributed by atoms with Crippen LogP contribution in [0.25, 0.3) is 11.0 Å². The lowest BCUT2D eigenvalue weighted by Gasteiger charge is -2.28. The molecule has 220 valence electrons. The summed E-state index contributed by atoms with van der Waals surface area (Å²) in [7, 11) is 0. The standard InChI is InChI=1S/C35H49N5O/c1-8-12-14-15-16-18-30(11-4)41-32-20-19-29(22-27(32)6)38-34-33-31(36-25-37-34)23-28(7)35(39-33)40(21-17-13-9-2)24-26(5)10-3/h11,14-16,18-20,22-23,25-26H,8-10,12-13,17,21,24H2,1-7H3,(H,36,37,38)/b15-14+,18-16-,30-11+. The summed E-state index contributed by atoms with van der Waals surface area (Å²) in [5.41, 5.74) is 4.73. The van der Waals surface area contributed by atoms with Crippen LogP contribution in [-0.2, 0) is 0 Å². The zero-order valence-corrected chi connectivity index (χ0v) is 26.2. The molecule has 41 heavy (non-hydrogen) atoms. The second-order valence-electron chi connectivity index (χ2n) is 10.9. The van der Waals surface area contributed by atoms with Crippen LogP contribution in [0.15, 0.2) is 66.7 Å². The molecule has 1 unspecified atom stereocenters. The maximum atomic E-state index is 6.18. The van der Waals surface area contributed by atoms with E-state index in [1.54, 1.807) is 6.33 Å². The van der Waals surface area contributed by atoms with E-state index in [-0.39, 0.29) is 0 Å². The molecular formula is C35H49N5O. The Labute approximate surface area is 247 Å². The first-order valence-electron chi connectivity index (χ1n) is 15.3. The highest BCUT2D eigenvalue weighted by Gasteiger charge is 2.17. The summed E-state index contributed by atoms with van der Waals surface area (Å²) in [5.74, 6) is 3.96. The van der Waals surface area contributed by atoms with Gasteiger partial charge in [-0.1, -0.05) is 71.6 Å². The van der Waals surface area contributed by atoms with Crippen molar-refractivity contribution in [2.45, 2.75) is 87.0 Å². The predicted molar refractivity (Wildman–Crippen MR) is 175 cm³/mol. The molecule has 0 amide bonds. The van der Waals surface area contributed by atoms with E-state index < -0.39 is 0 Å². The molecule has 0 spiro atoms. The molecule has 2 heterocycles. The molecule has 0 fully saturated rings. The summed E-state index contributed by atoms with van der Waals surface area (Å²) in [6.45, 7) is 17.2. The number of nitrogens with zero attached hydrogens (tertiary/aromatic N) is 4. The first-order chi connectivity index (χ1) is 19.9. The molecule has 0 radical (unpaired) electrons. The molecule has 0 aliphatic rings. The highest BCUT2D eigenvalue weighted by atomic mass is 16.5. The van der Waals surface area contributed by atoms with E-state index in [1.165, 1.54) is 12.8 Å². The van der Waals surface area contributed by atoms with Gasteiger partial charge in [0, 0.05) is 18.8 Å². The summed E-state index contributed by atoms with van der Waals surface area (Å²) in [4.78, 5) is 16.8. The number of nitrogens with one attached hydrogen (secondary N) is 1. The number of rotatable bonds is 16. The minimum absolute atomic E-state index is 0.595. The molecule has 6 heteroatoms. The predicted octanol–water partition coefficient (Wildman–Crippen LogP) is 9.62. The number of hydrogen-bond donors (Lipinski definition) is 1. The van der Waals surface area contributed by atoms with Gasteiger partial charge in [0.25, 0.3) is 0 Å². The van der Waals surface area contributed by atoms with Crippen LogP contribution in [0.3, 0.4) is 0 Å². The van der Waals surface area contributed by atoms with Gasteiger partial charge < -0.3 is 15.0 Å². The lowest BCUT2D eigenvalue weighted by molar-refractivity contribution is 0.440. The van der Waals surface area contributed by atoms with Crippen molar-refractivity contribution in [2.75, 3.05) is 23.3 Å². The van der Waals surface area contributed by atoms with Crippen LogP contribution in [0, 0.1) is 19.8 Å². The number of hydrogen-bond acceptors (Lipinski definition) is 6. The van der Waals surface area contributed by atoms with Gasteiger partial charge in [0.15, 0.2) is 5.82 Å². The Hall–Kier alpha value is -3.67. The van der Waals surface area contributed by atoms with Crippen LogP contribution in [0.2, 0.25) is 0 Å². The maximum Gasteiger partial charge on any atom is 0.160 e. The van der Waals surface area contributed by atoms with Gasteiger partial charge in [-0.15, -0.1) is 0 Å². The third-order valence-corrected chi connectivity index (χ3v) is 7.25. The van der Waals surface area contributed by atoms with Gasteiger partial charge in [-0.25, -0.2) is 15.0 Å². The van der Waals surface area contributed by atoms with Crippen LogP contribution in [0.5, 0.6) is 5.75 Å². The number of unbranched alkanes of at least 4 members (excludes halogenated alkanes) is 3. The summed E-state index contributed by atoms with van der Waals surface area (Å²) >= 11 is 0. The molecule has 0 aliphatic heterocycles. The zero-order valence-electron chi connectivity index (χ0n) is 26.2. The Morgan fingerprint density at radius 2 is 1.85 bits per heavy atom. The van der Waals surface area contributed by atoms with E-state index in [0.717, 1.165) is 83.9 Å². The topological polar surface area (TPSA) is 63.2 Å². The number of fused-ring (bicyclic) bond motifs is 1. The first-order valence-corrected chi connectivity index (χ1v) is 15.3. The Morgan fingerprint density at radius 1 is 1.02 bits per heavy atom. The molecule has 1 N–H and O–H groups in total. The number of benzene rings is 1. The molecule has 0 saturated carbocycles. The molecule has 1 atom stereocenters. The van der Waals surface area contributed by atoms with Gasteiger partial charge in [0.2, 0.25) is 0 Å². The van der Waals surface area contributed by atoms with Crippen LogP contribution >= 0.6 is 0 Å². The smallest absolute Gasteiger partial charge is 0.160 e. The fourth-order valence-electron chi connectivity index (χ4n) is 4.61. The molecular weight excluding hydrogens is 506 g/mol. The van der Waals surface area contributed by atoms with Crippen molar-refractivity contribution < 1.29 is 4.74 Å². The average molecular weight is 556 g/mol. The highest BCUT2D eigenvalue weighted by Crippen LogP contribution is 2.30. The Morgan fingerprint density at radius 3 is 2.56 bits per heavy atom. The quantitative estimate of drug-likeness (QED) is 0.108. The molecule has 1 aromatic carbocycles. The van der Waals surface area contributed by atoms with E-state index >= 15 is 0 Å². The molecule has 0 bridgehead atoms. The van der Waals surface area contributed by atoms with Crippen LogP contribution < -0.4 is 15.0 Å². The monoisotopic (exact) mass is 555 g/mol. The van der Waals surface area contributed by atoms with Crippen molar-refractivity contribution in [3.05, 3.63) is 77.9 Å². The van der Waals surface area contributed by atoms with Crippen molar-refractivity contribution in [3.8, 4) is 5.75 Å². The number of aryl methyl sites for hydroxylation is 2. The lowest BCUT2D eigenvalue weighted by atomic mass is 10.1. The molecule has 3 aromatic rings. The van der Waals surface area contributed by atoms with Crippen LogP contribution in [-0.4, -0.2) is 28.0 Å². The third kappa shape index (κ3) is 9.44. The van der Waals surface area contributed by atoms with Crippen LogP contribution in [0.1, 0.15) is 84.3 Å². The number of allylic oxidation sites excluding steroid dienone is 5. The van der Waals surface area contributed by atoms with Crippen molar-refractivity contribution in [2.24, 2.45) is 5.92 Å². The second-order valence-corrected chi connectivity index (χ2v) is 10.9. The second kappa shape index (κ2) is 16.6. The zero-order chi connectivity index (χ0) is 29.6. The van der Waals surface area contributed by atoms with Crippen molar-refractivity contribution in [1.29, 1.82) is 0 Å². The van der Waals surface area contributed by atoms with Gasteiger partial charge in [-0.2, -0.15) is 0 Å². The van der Waals surface area contributed by atoms with Gasteiger partial charge in [0.1, 0.15) is 29.2 Å². The number of pyridine rings is 1. The largest absolute Gasteiger partial charge is 0.457 e. The molecule has 6 nitrogen and oxygen atoms in total. The van der Waals surface area contributed by atoms with Crippen molar-refractivity contribution in [3.63, 3.8) is 0 Å². The summed E-state index contributed by atoms with van der Waals surface area (Å²) < 4.78 is 6.18. The summed E-state index contributed by atoms with van der Waals surface area (Å²) in [6.07, 6.45) is 18.8. The van der Waals surface area contributed by atoms with E-state index in [1.807, 2.05) is 37.3 Å². The van der Waals surface area contributed by atoms with Gasteiger partial charge in [-0.3, -0.25) is 0 Å². The minimum Gasteiger partial charge on any atom is -0.457 e. The van der Waals surface area contributed by atoms with Crippen LogP contribution in [0.4, 0.5) is 17.3 Å². The molecule has 2 aromatic heterocycles. The summed E-state index contributed by atoms with van der Waals surface area (Å²) in [5, 5.41) is 3.50. The minimum atomic E-state index is 0.595. The van der Waals surface area contributed by atoms with Crippen molar-refractivity contribution in [1.82, 2.24) is 15.0 Å². The van der Waals surface area contributed by atoms with Gasteiger partial charge >= 0.3 is 0 Å². The van der Waals surface area contributed by atoms with E-state index in [4.69, 9.17) is 9.72 Å². The number of ether oxygens (including phenoxy) is 1. The maximum absolute atomic E-state index is 6.18. The Bertz CT molecular complexity index is 1340. The highest BCUT2D eigenvalue weighted by molar-refractivity contribution is 5.89. The fraction of sp³-hybridized carbons (Fsp3) is 0.457. The Kier molecular flexibility index (Phi) is 12.9. The fourth-order valence-corrected chi connectivity index (χ4v) is 4.61. The summed E-state index contributed by atoms with van der Waals surface area (Å²) in [6, 6.07) is 8.23. The Balaban J connectivity index is 1.86. The molecule has 0 aliphatic carbocycles. The normalized spacial score (nSPS) is 12.9. The average Bonchev–Trinajstić information content (AvgIpc) is 2.97. The molecule has 3 rings (SSSR count). The third-order valence-electron chi connectivity index (χ3n) is 7.25. The number of aromatic nitrogens is 3. The van der Waals surface area contributed by atoms with Crippen molar-refractivity contribution >= 4 is 28.4 Å². The van der Waals surface area contributed by atoms with E-state index in [0.29, 0.717) is 11.7 Å². The lowest BCUT2D eigenvalue weighted by Crippen LogP contribution is -2.31. The number of anilines is 3. The van der Waals surface area contributed by atoms with E-state index in [2.05, 4.69) is 86.0 Å². The SMILES string of the molecule is C\C=C(/C=C\C=C\CCC)Oc1ccc(Nc2ncnc3cc(C)c(N(CCCCC)CC(C)CC)nc23)cc1C. The van der Waals surface area contributed by atoms with E-state index in [9.17, 15) is 0 Å².